The van der Waals surface area contributed by atoms with Crippen LogP contribution in [0.1, 0.15) is 128 Å². The molecule has 3 heterocycles. The minimum Gasteiger partial charge on any atom is -0.376 e. The van der Waals surface area contributed by atoms with Crippen LogP contribution < -0.4 is 0 Å². The fourth-order valence-corrected chi connectivity index (χ4v) is 6.40. The van der Waals surface area contributed by atoms with E-state index in [-0.39, 0.29) is 52.9 Å². The van der Waals surface area contributed by atoms with E-state index in [0.29, 0.717) is 38.6 Å². The second-order valence-electron chi connectivity index (χ2n) is 15.5. The van der Waals surface area contributed by atoms with Crippen LogP contribution in [0.4, 0.5) is 0 Å². The van der Waals surface area contributed by atoms with Gasteiger partial charge in [0.2, 0.25) is 0 Å². The Morgan fingerprint density at radius 1 is 0.565 bits per heavy atom. The minimum atomic E-state index is -0.388. The summed E-state index contributed by atoms with van der Waals surface area (Å²) in [5, 5.41) is 0. The van der Waals surface area contributed by atoms with Crippen molar-refractivity contribution in [3.8, 4) is 0 Å². The number of epoxide rings is 3. The van der Waals surface area contributed by atoms with E-state index in [9.17, 15) is 0 Å². The Morgan fingerprint density at radius 3 is 1.52 bits per heavy atom. The average Bonchev–Trinajstić information content (AvgIpc) is 3.83. The van der Waals surface area contributed by atoms with E-state index in [1.54, 1.807) is 0 Å². The SMILES string of the molecule is CCC(C)(CC(C)OC(C)(CC)CC1CO1)OCC(COCC(C)OC(C)(CC)CC1CO1)OC(C)(CC)CC(C)OCC1CO1. The molecule has 272 valence electrons. The Hall–Kier alpha value is -0.360. The van der Waals surface area contributed by atoms with Crippen LogP contribution in [-0.2, 0) is 42.6 Å². The largest absolute Gasteiger partial charge is 0.376 e. The fourth-order valence-electron chi connectivity index (χ4n) is 6.40. The summed E-state index contributed by atoms with van der Waals surface area (Å²) in [6, 6.07) is 0. The summed E-state index contributed by atoms with van der Waals surface area (Å²) in [5.74, 6) is 0. The molecule has 3 aliphatic rings. The first-order valence-corrected chi connectivity index (χ1v) is 18.4. The highest BCUT2D eigenvalue weighted by Gasteiger charge is 2.38. The van der Waals surface area contributed by atoms with Gasteiger partial charge in [-0.15, -0.1) is 0 Å². The third-order valence-corrected chi connectivity index (χ3v) is 10.2. The van der Waals surface area contributed by atoms with Crippen LogP contribution in [0, 0.1) is 0 Å². The molecule has 0 spiro atoms. The maximum Gasteiger partial charge on any atom is 0.105 e. The van der Waals surface area contributed by atoms with E-state index < -0.39 is 0 Å². The molecule has 0 aromatic heterocycles. The normalized spacial score (nSPS) is 28.6. The second kappa shape index (κ2) is 18.0. The maximum absolute atomic E-state index is 6.87. The molecule has 0 aromatic rings. The molecule has 0 bridgehead atoms. The molecule has 11 atom stereocenters. The van der Waals surface area contributed by atoms with Crippen LogP contribution in [-0.4, -0.2) is 111 Å². The first-order valence-electron chi connectivity index (χ1n) is 18.4. The van der Waals surface area contributed by atoms with Gasteiger partial charge in [-0.1, -0.05) is 27.7 Å². The monoisotopic (exact) mass is 659 g/mol. The zero-order chi connectivity index (χ0) is 34.0. The molecular formula is C37H70O9. The Kier molecular flexibility index (Phi) is 15.7. The van der Waals surface area contributed by atoms with Crippen LogP contribution in [0.5, 0.6) is 0 Å². The van der Waals surface area contributed by atoms with Crippen molar-refractivity contribution in [2.24, 2.45) is 0 Å². The van der Waals surface area contributed by atoms with Crippen molar-refractivity contribution in [1.82, 2.24) is 0 Å². The molecule has 0 amide bonds. The molecule has 0 radical (unpaired) electrons. The Morgan fingerprint density at radius 2 is 1.04 bits per heavy atom. The summed E-state index contributed by atoms with van der Waals surface area (Å²) in [7, 11) is 0. The Balaban J connectivity index is 1.59. The lowest BCUT2D eigenvalue weighted by atomic mass is 9.93. The van der Waals surface area contributed by atoms with Crippen LogP contribution in [0.15, 0.2) is 0 Å². The van der Waals surface area contributed by atoms with Crippen molar-refractivity contribution < 1.29 is 42.6 Å². The summed E-state index contributed by atoms with van der Waals surface area (Å²) in [4.78, 5) is 0. The number of hydrogen-bond donors (Lipinski definition) is 0. The van der Waals surface area contributed by atoms with Crippen molar-refractivity contribution in [3.63, 3.8) is 0 Å². The molecule has 11 unspecified atom stereocenters. The summed E-state index contributed by atoms with van der Waals surface area (Å²) in [5.41, 5.74) is -1.16. The molecule has 3 aliphatic heterocycles. The first kappa shape index (κ1) is 40.1. The lowest BCUT2D eigenvalue weighted by molar-refractivity contribution is -0.184. The van der Waals surface area contributed by atoms with Crippen molar-refractivity contribution >= 4 is 0 Å². The van der Waals surface area contributed by atoms with Crippen LogP contribution >= 0.6 is 0 Å². The molecule has 3 fully saturated rings. The van der Waals surface area contributed by atoms with Crippen molar-refractivity contribution in [1.29, 1.82) is 0 Å². The molecule has 0 N–H and O–H groups in total. The van der Waals surface area contributed by atoms with E-state index >= 15 is 0 Å². The molecule has 0 aromatic carbocycles. The summed E-state index contributed by atoms with van der Waals surface area (Å²) < 4.78 is 55.4. The van der Waals surface area contributed by atoms with Crippen LogP contribution in [0.3, 0.4) is 0 Å². The van der Waals surface area contributed by atoms with E-state index in [1.807, 2.05) is 0 Å². The molecule has 0 saturated carbocycles. The quantitative estimate of drug-likeness (QED) is 0.0820. The maximum atomic E-state index is 6.87. The molecular weight excluding hydrogens is 588 g/mol. The predicted molar refractivity (Wildman–Crippen MR) is 181 cm³/mol. The smallest absolute Gasteiger partial charge is 0.105 e. The fraction of sp³-hybridized carbons (Fsp3) is 1.00. The number of hydrogen-bond acceptors (Lipinski definition) is 9. The van der Waals surface area contributed by atoms with Gasteiger partial charge in [0.15, 0.2) is 0 Å². The van der Waals surface area contributed by atoms with Gasteiger partial charge in [-0.3, -0.25) is 0 Å². The lowest BCUT2D eigenvalue weighted by Gasteiger charge is -2.39. The van der Waals surface area contributed by atoms with Gasteiger partial charge in [-0.25, -0.2) is 0 Å². The second-order valence-corrected chi connectivity index (χ2v) is 15.5. The topological polar surface area (TPSA) is 93.0 Å². The van der Waals surface area contributed by atoms with Gasteiger partial charge in [0.1, 0.15) is 12.2 Å². The highest BCUT2D eigenvalue weighted by molar-refractivity contribution is 4.87. The van der Waals surface area contributed by atoms with Gasteiger partial charge in [-0.05, 0) is 74.1 Å². The van der Waals surface area contributed by atoms with Gasteiger partial charge >= 0.3 is 0 Å². The molecule has 9 nitrogen and oxygen atoms in total. The van der Waals surface area contributed by atoms with Gasteiger partial charge in [0.25, 0.3) is 0 Å². The van der Waals surface area contributed by atoms with E-state index in [0.717, 1.165) is 71.2 Å². The molecule has 0 aliphatic carbocycles. The van der Waals surface area contributed by atoms with Crippen molar-refractivity contribution in [2.45, 2.75) is 193 Å². The van der Waals surface area contributed by atoms with Gasteiger partial charge in [0.05, 0.1) is 99.2 Å². The summed E-state index contributed by atoms with van der Waals surface area (Å²) in [6.45, 7) is 28.3. The van der Waals surface area contributed by atoms with Crippen LogP contribution in [0.2, 0.25) is 0 Å². The first-order chi connectivity index (χ1) is 21.7. The summed E-state index contributed by atoms with van der Waals surface area (Å²) in [6.07, 6.45) is 7.74. The van der Waals surface area contributed by atoms with Gasteiger partial charge in [-0.2, -0.15) is 0 Å². The van der Waals surface area contributed by atoms with Gasteiger partial charge in [0, 0.05) is 25.7 Å². The highest BCUT2D eigenvalue weighted by atomic mass is 16.6. The third kappa shape index (κ3) is 15.0. The minimum absolute atomic E-state index is 0.0468. The third-order valence-electron chi connectivity index (χ3n) is 10.2. The van der Waals surface area contributed by atoms with E-state index in [2.05, 4.69) is 76.2 Å². The van der Waals surface area contributed by atoms with Crippen molar-refractivity contribution in [2.75, 3.05) is 46.2 Å². The Bertz CT molecular complexity index is 864. The van der Waals surface area contributed by atoms with Gasteiger partial charge < -0.3 is 42.6 Å². The lowest BCUT2D eigenvalue weighted by Crippen LogP contribution is -2.44. The molecule has 3 rings (SSSR count). The zero-order valence-corrected chi connectivity index (χ0v) is 31.3. The molecule has 3 saturated heterocycles. The number of ether oxygens (including phenoxy) is 9. The molecule has 9 heteroatoms. The predicted octanol–water partition coefficient (Wildman–Crippen LogP) is 7.05. The van der Waals surface area contributed by atoms with E-state index in [4.69, 9.17) is 42.6 Å². The van der Waals surface area contributed by atoms with E-state index in [1.165, 1.54) is 0 Å². The standard InChI is InChI=1S/C37H70O9/c1-12-34(8,17-28(6)44-36(10,14-3)18-30-22-40-30)43-26-33(46-35(9,13-2)16-27(5)39-24-32-25-42-32)21-38-20-29(7)45-37(11,15-4)19-31-23-41-31/h27-33H,12-26H2,1-11H3. The van der Waals surface area contributed by atoms with Crippen molar-refractivity contribution in [3.05, 3.63) is 0 Å². The zero-order valence-electron chi connectivity index (χ0n) is 31.3. The average molecular weight is 659 g/mol. The summed E-state index contributed by atoms with van der Waals surface area (Å²) >= 11 is 0. The Labute approximate surface area is 281 Å². The highest BCUT2D eigenvalue weighted by Crippen LogP contribution is 2.34. The molecule has 46 heavy (non-hydrogen) atoms. The number of rotatable bonds is 28. The van der Waals surface area contributed by atoms with Crippen LogP contribution in [0.25, 0.3) is 0 Å².